The van der Waals surface area contributed by atoms with Gasteiger partial charge < -0.3 is 10.6 Å². The molecule has 3 rings (SSSR count). The minimum absolute atomic E-state index is 0.0854. The van der Waals surface area contributed by atoms with Gasteiger partial charge in [0.25, 0.3) is 5.91 Å². The molecule has 0 bridgehead atoms. The summed E-state index contributed by atoms with van der Waals surface area (Å²) in [5, 5.41) is 10.4. The zero-order chi connectivity index (χ0) is 16.4. The van der Waals surface area contributed by atoms with Crippen molar-refractivity contribution in [3.05, 3.63) is 52.8 Å². The topological polar surface area (TPSA) is 59.0 Å². The van der Waals surface area contributed by atoms with Crippen molar-refractivity contribution in [2.45, 2.75) is 32.4 Å². The van der Waals surface area contributed by atoms with E-state index in [-0.39, 0.29) is 5.91 Å². The van der Waals surface area contributed by atoms with Gasteiger partial charge in [-0.2, -0.15) is 5.10 Å². The smallest absolute Gasteiger partial charge is 0.269 e. The van der Waals surface area contributed by atoms with Crippen LogP contribution in [0.1, 0.15) is 40.2 Å². The van der Waals surface area contributed by atoms with E-state index < -0.39 is 0 Å². The molecule has 1 aromatic carbocycles. The first kappa shape index (κ1) is 15.7. The fourth-order valence-electron chi connectivity index (χ4n) is 2.43. The highest BCUT2D eigenvalue weighted by atomic mass is 32.1. The molecule has 1 amide bonds. The molecule has 0 saturated heterocycles. The van der Waals surface area contributed by atoms with Gasteiger partial charge in [-0.3, -0.25) is 9.48 Å². The molecule has 0 atom stereocenters. The number of nitrogens with one attached hydrogen (secondary N) is 2. The zero-order valence-electron chi connectivity index (χ0n) is 13.3. The average Bonchev–Trinajstić information content (AvgIpc) is 3.24. The van der Waals surface area contributed by atoms with E-state index in [0.717, 1.165) is 18.4 Å². The molecule has 0 spiro atoms. The fourth-order valence-corrected chi connectivity index (χ4v) is 2.53. The van der Waals surface area contributed by atoms with Gasteiger partial charge in [0, 0.05) is 13.1 Å². The Hall–Kier alpha value is -2.21. The van der Waals surface area contributed by atoms with Crippen LogP contribution in [-0.2, 0) is 6.54 Å². The van der Waals surface area contributed by atoms with E-state index in [1.807, 2.05) is 12.1 Å². The summed E-state index contributed by atoms with van der Waals surface area (Å²) in [6.45, 7) is 2.59. The van der Waals surface area contributed by atoms with Crippen molar-refractivity contribution in [3.63, 3.8) is 0 Å². The largest absolute Gasteiger partial charge is 0.378 e. The Bertz CT molecular complexity index is 749. The van der Waals surface area contributed by atoms with E-state index >= 15 is 0 Å². The lowest BCUT2D eigenvalue weighted by atomic mass is 10.1. The van der Waals surface area contributed by atoms with Crippen LogP contribution in [0.2, 0.25) is 0 Å². The highest BCUT2D eigenvalue weighted by molar-refractivity contribution is 7.80. The number of rotatable bonds is 5. The van der Waals surface area contributed by atoms with Crippen molar-refractivity contribution >= 4 is 23.1 Å². The van der Waals surface area contributed by atoms with Gasteiger partial charge in [0.1, 0.15) is 16.4 Å². The number of amides is 1. The lowest BCUT2D eigenvalue weighted by Gasteiger charge is -2.08. The molecule has 23 heavy (non-hydrogen) atoms. The Morgan fingerprint density at radius 3 is 2.83 bits per heavy atom. The molecule has 1 fully saturated rings. The predicted octanol–water partition coefficient (Wildman–Crippen LogP) is 2.03. The average molecular weight is 328 g/mol. The summed E-state index contributed by atoms with van der Waals surface area (Å²) < 4.78 is 1.73. The maximum absolute atomic E-state index is 12.5. The molecular formula is C17H20N4OS. The van der Waals surface area contributed by atoms with Crippen molar-refractivity contribution in [1.82, 2.24) is 20.4 Å². The number of carbonyl (C=O) groups is 1. The second kappa shape index (κ2) is 6.50. The van der Waals surface area contributed by atoms with Crippen LogP contribution in [0.3, 0.4) is 0 Å². The number of carbonyl (C=O) groups excluding carboxylic acids is 1. The van der Waals surface area contributed by atoms with Crippen LogP contribution in [0.25, 0.3) is 0 Å². The Labute approximate surface area is 141 Å². The minimum atomic E-state index is -0.0854. The van der Waals surface area contributed by atoms with Gasteiger partial charge in [-0.05, 0) is 31.4 Å². The maximum Gasteiger partial charge on any atom is 0.269 e. The second-order valence-electron chi connectivity index (χ2n) is 5.89. The molecule has 6 heteroatoms. The molecule has 1 aliphatic carbocycles. The van der Waals surface area contributed by atoms with Gasteiger partial charge in [-0.15, -0.1) is 0 Å². The van der Waals surface area contributed by atoms with Gasteiger partial charge in [0.2, 0.25) is 0 Å². The lowest BCUT2D eigenvalue weighted by Crippen LogP contribution is -2.28. The van der Waals surface area contributed by atoms with Crippen molar-refractivity contribution < 1.29 is 4.79 Å². The van der Waals surface area contributed by atoms with Gasteiger partial charge in [0.15, 0.2) is 0 Å². The number of benzene rings is 1. The molecule has 0 radical (unpaired) electrons. The van der Waals surface area contributed by atoms with Crippen LogP contribution in [0.5, 0.6) is 0 Å². The Balaban J connectivity index is 1.90. The van der Waals surface area contributed by atoms with E-state index in [1.165, 1.54) is 5.56 Å². The number of hydrogen-bond donors (Lipinski definition) is 2. The van der Waals surface area contributed by atoms with Gasteiger partial charge in [-0.25, -0.2) is 0 Å². The summed E-state index contributed by atoms with van der Waals surface area (Å²) in [7, 11) is 1.76. The summed E-state index contributed by atoms with van der Waals surface area (Å²) in [4.78, 5) is 13.0. The molecule has 1 saturated carbocycles. The number of nitrogens with zero attached hydrogens (tertiary/aromatic N) is 2. The quantitative estimate of drug-likeness (QED) is 0.825. The van der Waals surface area contributed by atoms with Crippen LogP contribution in [-0.4, -0.2) is 33.8 Å². The molecule has 2 N–H and O–H groups in total. The fraction of sp³-hybridized carbons (Fsp3) is 0.353. The Kier molecular flexibility index (Phi) is 4.43. The number of aryl methyl sites for hydroxylation is 1. The lowest BCUT2D eigenvalue weighted by molar-refractivity contribution is 0.0941. The normalized spacial score (nSPS) is 13.7. The number of aromatic nitrogens is 2. The molecule has 0 unspecified atom stereocenters. The summed E-state index contributed by atoms with van der Waals surface area (Å²) in [5.74, 6) is -0.0854. The first-order valence-electron chi connectivity index (χ1n) is 7.73. The first-order chi connectivity index (χ1) is 11.1. The number of thiocarbonyl (C=S) groups is 1. The molecule has 120 valence electrons. The first-order valence-corrected chi connectivity index (χ1v) is 8.14. The van der Waals surface area contributed by atoms with Crippen LogP contribution >= 0.6 is 12.2 Å². The van der Waals surface area contributed by atoms with Gasteiger partial charge >= 0.3 is 0 Å². The molecule has 5 nitrogen and oxygen atoms in total. The zero-order valence-corrected chi connectivity index (χ0v) is 14.1. The molecular weight excluding hydrogens is 308 g/mol. The Morgan fingerprint density at radius 2 is 2.17 bits per heavy atom. The van der Waals surface area contributed by atoms with Crippen molar-refractivity contribution in [3.8, 4) is 0 Å². The standard InChI is InChI=1S/C17H20N4OS/c1-11-4-3-5-12(8-11)10-21-15(16(22)19-13-6-7-13)9-14(20-21)17(23)18-2/h3-5,8-9,13H,6-7,10H2,1-2H3,(H,18,23)(H,19,22). The van der Waals surface area contributed by atoms with Gasteiger partial charge in [0.05, 0.1) is 6.54 Å². The van der Waals surface area contributed by atoms with E-state index in [1.54, 1.807) is 17.8 Å². The van der Waals surface area contributed by atoms with E-state index in [9.17, 15) is 4.79 Å². The van der Waals surface area contributed by atoms with E-state index in [0.29, 0.717) is 29.0 Å². The van der Waals surface area contributed by atoms with E-state index in [4.69, 9.17) is 12.2 Å². The van der Waals surface area contributed by atoms with Gasteiger partial charge in [-0.1, -0.05) is 42.0 Å². The summed E-state index contributed by atoms with van der Waals surface area (Å²) in [6.07, 6.45) is 2.11. The summed E-state index contributed by atoms with van der Waals surface area (Å²) >= 11 is 5.25. The minimum Gasteiger partial charge on any atom is -0.378 e. The molecule has 2 aromatic rings. The summed E-state index contributed by atoms with van der Waals surface area (Å²) in [6, 6.07) is 10.3. The molecule has 1 heterocycles. The maximum atomic E-state index is 12.5. The second-order valence-corrected chi connectivity index (χ2v) is 6.30. The SMILES string of the molecule is CNC(=S)c1cc(C(=O)NC2CC2)n(Cc2cccc(C)c2)n1. The van der Waals surface area contributed by atoms with Crippen molar-refractivity contribution in [1.29, 1.82) is 0 Å². The monoisotopic (exact) mass is 328 g/mol. The third-order valence-electron chi connectivity index (χ3n) is 3.80. The van der Waals surface area contributed by atoms with Crippen molar-refractivity contribution in [2.75, 3.05) is 7.05 Å². The predicted molar refractivity (Wildman–Crippen MR) is 93.8 cm³/mol. The third-order valence-corrected chi connectivity index (χ3v) is 4.21. The molecule has 0 aliphatic heterocycles. The molecule has 1 aliphatic rings. The number of hydrogen-bond acceptors (Lipinski definition) is 3. The Morgan fingerprint density at radius 1 is 1.39 bits per heavy atom. The highest BCUT2D eigenvalue weighted by Crippen LogP contribution is 2.20. The third kappa shape index (κ3) is 3.76. The van der Waals surface area contributed by atoms with Crippen molar-refractivity contribution in [2.24, 2.45) is 0 Å². The van der Waals surface area contributed by atoms with Crippen LogP contribution in [0.4, 0.5) is 0 Å². The van der Waals surface area contributed by atoms with E-state index in [2.05, 4.69) is 34.8 Å². The molecule has 1 aromatic heterocycles. The highest BCUT2D eigenvalue weighted by Gasteiger charge is 2.26. The van der Waals surface area contributed by atoms with Crippen LogP contribution in [0.15, 0.2) is 30.3 Å². The van der Waals surface area contributed by atoms with Crippen LogP contribution in [0, 0.1) is 6.92 Å². The van der Waals surface area contributed by atoms with Crippen LogP contribution < -0.4 is 10.6 Å². The summed E-state index contributed by atoms with van der Waals surface area (Å²) in [5.41, 5.74) is 3.46.